The molecule has 3 rings (SSSR count). The summed E-state index contributed by atoms with van der Waals surface area (Å²) >= 11 is 0. The van der Waals surface area contributed by atoms with Gasteiger partial charge in [-0.3, -0.25) is 4.79 Å². The maximum absolute atomic E-state index is 12.5. The number of hydrogen-bond acceptors (Lipinski definition) is 4. The predicted molar refractivity (Wildman–Crippen MR) is 76.7 cm³/mol. The summed E-state index contributed by atoms with van der Waals surface area (Å²) in [5, 5.41) is 3.04. The van der Waals surface area contributed by atoms with Crippen LogP contribution in [0.1, 0.15) is 60.7 Å². The van der Waals surface area contributed by atoms with Crippen LogP contribution >= 0.6 is 0 Å². The summed E-state index contributed by atoms with van der Waals surface area (Å²) < 4.78 is 7.30. The van der Waals surface area contributed by atoms with Gasteiger partial charge < -0.3 is 14.3 Å². The predicted octanol–water partition coefficient (Wildman–Crippen LogP) is 2.41. The van der Waals surface area contributed by atoms with Crippen LogP contribution in [0, 0.1) is 5.92 Å². The molecule has 21 heavy (non-hydrogen) atoms. The second-order valence-electron chi connectivity index (χ2n) is 5.93. The average Bonchev–Trinajstić information content (AvgIpc) is 3.01. The molecule has 2 aromatic rings. The van der Waals surface area contributed by atoms with E-state index in [1.165, 1.54) is 6.39 Å². The maximum atomic E-state index is 12.5. The largest absolute Gasteiger partial charge is 0.447 e. The molecule has 0 spiro atoms. The number of aromatic nitrogens is 3. The molecule has 112 valence electrons. The van der Waals surface area contributed by atoms with Gasteiger partial charge >= 0.3 is 0 Å². The van der Waals surface area contributed by atoms with Crippen molar-refractivity contribution in [2.24, 2.45) is 13.0 Å². The van der Waals surface area contributed by atoms with Crippen molar-refractivity contribution in [3.8, 4) is 0 Å². The summed E-state index contributed by atoms with van der Waals surface area (Å²) in [6, 6.07) is -0.152. The van der Waals surface area contributed by atoms with Gasteiger partial charge in [0.25, 0.3) is 5.91 Å². The summed E-state index contributed by atoms with van der Waals surface area (Å²) in [6.07, 6.45) is 7.11. The summed E-state index contributed by atoms with van der Waals surface area (Å²) in [4.78, 5) is 20.9. The van der Waals surface area contributed by atoms with Gasteiger partial charge in [0.1, 0.15) is 11.6 Å². The van der Waals surface area contributed by atoms with Gasteiger partial charge in [0, 0.05) is 25.4 Å². The van der Waals surface area contributed by atoms with Gasteiger partial charge in [0.05, 0.1) is 6.04 Å². The highest BCUT2D eigenvalue weighted by Crippen LogP contribution is 2.41. The normalized spacial score (nSPS) is 16.2. The number of imidazole rings is 1. The molecule has 0 saturated heterocycles. The highest BCUT2D eigenvalue weighted by atomic mass is 16.3. The standard InChI is InChI=1S/C15H20N4O2/c1-9(2)11(14-16-6-7-19(14)3)18-15(20)12-13(10-4-5-10)21-8-17-12/h6-11H,4-5H2,1-3H3,(H,18,20)/t11-/m1/s1. The smallest absolute Gasteiger partial charge is 0.274 e. The molecule has 0 unspecified atom stereocenters. The van der Waals surface area contributed by atoms with Crippen LogP contribution in [-0.4, -0.2) is 20.4 Å². The van der Waals surface area contributed by atoms with Gasteiger partial charge in [0.2, 0.25) is 0 Å². The first-order valence-electron chi connectivity index (χ1n) is 7.29. The number of carbonyl (C=O) groups is 1. The Morgan fingerprint density at radius 2 is 2.19 bits per heavy atom. The van der Waals surface area contributed by atoms with E-state index in [-0.39, 0.29) is 17.9 Å². The second-order valence-corrected chi connectivity index (χ2v) is 5.93. The van der Waals surface area contributed by atoms with Crippen molar-refractivity contribution in [3.05, 3.63) is 36.1 Å². The molecule has 1 saturated carbocycles. The average molecular weight is 288 g/mol. The number of nitrogens with one attached hydrogen (secondary N) is 1. The zero-order chi connectivity index (χ0) is 15.0. The number of nitrogens with zero attached hydrogens (tertiary/aromatic N) is 3. The fourth-order valence-corrected chi connectivity index (χ4v) is 2.48. The van der Waals surface area contributed by atoms with Crippen molar-refractivity contribution in [2.45, 2.75) is 38.6 Å². The zero-order valence-electron chi connectivity index (χ0n) is 12.5. The van der Waals surface area contributed by atoms with E-state index in [0.29, 0.717) is 11.6 Å². The van der Waals surface area contributed by atoms with Gasteiger partial charge in [-0.25, -0.2) is 9.97 Å². The Morgan fingerprint density at radius 1 is 1.43 bits per heavy atom. The summed E-state index contributed by atoms with van der Waals surface area (Å²) in [6.45, 7) is 4.12. The number of oxazole rings is 1. The Balaban J connectivity index is 1.81. The Labute approximate surface area is 123 Å². The molecule has 0 aliphatic heterocycles. The van der Waals surface area contributed by atoms with E-state index in [1.54, 1.807) is 6.20 Å². The lowest BCUT2D eigenvalue weighted by atomic mass is 10.0. The molecule has 1 fully saturated rings. The number of hydrogen-bond donors (Lipinski definition) is 1. The monoisotopic (exact) mass is 288 g/mol. The molecule has 2 heterocycles. The van der Waals surface area contributed by atoms with Crippen LogP contribution in [0.25, 0.3) is 0 Å². The van der Waals surface area contributed by atoms with Crippen LogP contribution in [0.15, 0.2) is 23.2 Å². The summed E-state index contributed by atoms with van der Waals surface area (Å²) in [7, 11) is 1.93. The fourth-order valence-electron chi connectivity index (χ4n) is 2.48. The number of amides is 1. The second kappa shape index (κ2) is 5.35. The molecular formula is C15H20N4O2. The zero-order valence-corrected chi connectivity index (χ0v) is 12.5. The molecule has 1 aliphatic rings. The van der Waals surface area contributed by atoms with E-state index in [0.717, 1.165) is 24.4 Å². The minimum Gasteiger partial charge on any atom is -0.447 e. The molecule has 6 nitrogen and oxygen atoms in total. The van der Waals surface area contributed by atoms with Crippen molar-refractivity contribution < 1.29 is 9.21 Å². The molecule has 0 bridgehead atoms. The highest BCUT2D eigenvalue weighted by Gasteiger charge is 2.33. The lowest BCUT2D eigenvalue weighted by Gasteiger charge is -2.21. The van der Waals surface area contributed by atoms with Crippen molar-refractivity contribution in [1.29, 1.82) is 0 Å². The number of carbonyl (C=O) groups excluding carboxylic acids is 1. The van der Waals surface area contributed by atoms with Crippen LogP contribution < -0.4 is 5.32 Å². The SMILES string of the molecule is CC(C)[C@@H](NC(=O)c1ncoc1C1CC1)c1nccn1C. The molecule has 1 aliphatic carbocycles. The molecule has 0 aromatic carbocycles. The quantitative estimate of drug-likeness (QED) is 0.917. The lowest BCUT2D eigenvalue weighted by Crippen LogP contribution is -2.34. The topological polar surface area (TPSA) is 73.0 Å². The van der Waals surface area contributed by atoms with Crippen LogP contribution in [-0.2, 0) is 7.05 Å². The maximum Gasteiger partial charge on any atom is 0.274 e. The lowest BCUT2D eigenvalue weighted by molar-refractivity contribution is 0.0916. The Bertz CT molecular complexity index is 640. The van der Waals surface area contributed by atoms with E-state index in [1.807, 2.05) is 17.8 Å². The summed E-state index contributed by atoms with van der Waals surface area (Å²) in [5.74, 6) is 1.96. The van der Waals surface area contributed by atoms with E-state index >= 15 is 0 Å². The minimum absolute atomic E-state index is 0.152. The van der Waals surface area contributed by atoms with Gasteiger partial charge in [0.15, 0.2) is 12.1 Å². The first kappa shape index (κ1) is 13.9. The Hall–Kier alpha value is -2.11. The van der Waals surface area contributed by atoms with Crippen LogP contribution in [0.2, 0.25) is 0 Å². The van der Waals surface area contributed by atoms with Crippen molar-refractivity contribution >= 4 is 5.91 Å². The van der Waals surface area contributed by atoms with Gasteiger partial charge in [-0.05, 0) is 18.8 Å². The third-order valence-electron chi connectivity index (χ3n) is 3.85. The van der Waals surface area contributed by atoms with Gasteiger partial charge in [-0.1, -0.05) is 13.8 Å². The summed E-state index contributed by atoms with van der Waals surface area (Å²) in [5.41, 5.74) is 0.414. The molecule has 0 radical (unpaired) electrons. The molecule has 2 aromatic heterocycles. The van der Waals surface area contributed by atoms with Gasteiger partial charge in [-0.15, -0.1) is 0 Å². The molecular weight excluding hydrogens is 268 g/mol. The first-order chi connectivity index (χ1) is 10.1. The van der Waals surface area contributed by atoms with Crippen LogP contribution in [0.3, 0.4) is 0 Å². The van der Waals surface area contributed by atoms with Crippen LogP contribution in [0.5, 0.6) is 0 Å². The van der Waals surface area contributed by atoms with E-state index in [2.05, 4.69) is 29.1 Å². The van der Waals surface area contributed by atoms with Crippen molar-refractivity contribution in [1.82, 2.24) is 19.9 Å². The third kappa shape index (κ3) is 2.70. The Kier molecular flexibility index (Phi) is 3.53. The molecule has 1 atom stereocenters. The van der Waals surface area contributed by atoms with Crippen molar-refractivity contribution in [2.75, 3.05) is 0 Å². The first-order valence-corrected chi connectivity index (χ1v) is 7.29. The van der Waals surface area contributed by atoms with Gasteiger partial charge in [-0.2, -0.15) is 0 Å². The van der Waals surface area contributed by atoms with Crippen molar-refractivity contribution in [3.63, 3.8) is 0 Å². The molecule has 1 N–H and O–H groups in total. The van der Waals surface area contributed by atoms with E-state index in [4.69, 9.17) is 4.42 Å². The number of aryl methyl sites for hydroxylation is 1. The molecule has 1 amide bonds. The van der Waals surface area contributed by atoms with E-state index < -0.39 is 0 Å². The van der Waals surface area contributed by atoms with Crippen LogP contribution in [0.4, 0.5) is 0 Å². The third-order valence-corrected chi connectivity index (χ3v) is 3.85. The Morgan fingerprint density at radius 3 is 2.76 bits per heavy atom. The number of rotatable bonds is 5. The fraction of sp³-hybridized carbons (Fsp3) is 0.533. The highest BCUT2D eigenvalue weighted by molar-refractivity contribution is 5.93. The minimum atomic E-state index is -0.188. The molecule has 6 heteroatoms. The van der Waals surface area contributed by atoms with E-state index in [9.17, 15) is 4.79 Å².